The van der Waals surface area contributed by atoms with E-state index in [-0.39, 0.29) is 17.6 Å². The maximum atomic E-state index is 12.8. The zero-order chi connectivity index (χ0) is 30.8. The number of aliphatic hydroxyl groups excluding tert-OH is 2. The summed E-state index contributed by atoms with van der Waals surface area (Å²) in [6.45, 7) is 3.55. The number of hydrogen-bond acceptors (Lipinski definition) is 8. The van der Waals surface area contributed by atoms with E-state index >= 15 is 0 Å². The van der Waals surface area contributed by atoms with Crippen molar-refractivity contribution < 1.29 is 38.4 Å². The summed E-state index contributed by atoms with van der Waals surface area (Å²) in [5, 5.41) is 39.5. The fraction of sp³-hybridized carbons (Fsp3) is 0.531. The summed E-state index contributed by atoms with van der Waals surface area (Å²) in [4.78, 5) is 9.44. The molecule has 0 saturated carbocycles. The van der Waals surface area contributed by atoms with Gasteiger partial charge in [-0.15, -0.1) is 0 Å². The van der Waals surface area contributed by atoms with E-state index in [1.807, 2.05) is 30.4 Å². The van der Waals surface area contributed by atoms with E-state index in [4.69, 9.17) is 14.6 Å². The van der Waals surface area contributed by atoms with E-state index in [1.54, 1.807) is 18.2 Å². The Morgan fingerprint density at radius 1 is 1.00 bits per heavy atom. The van der Waals surface area contributed by atoms with Gasteiger partial charge in [-0.2, -0.15) is 0 Å². The van der Waals surface area contributed by atoms with Crippen LogP contribution in [-0.4, -0.2) is 66.4 Å². The summed E-state index contributed by atoms with van der Waals surface area (Å²) < 4.78 is 31.3. The molecule has 0 unspecified atom stereocenters. The Morgan fingerprint density at radius 2 is 1.67 bits per heavy atom. The van der Waals surface area contributed by atoms with Gasteiger partial charge in [-0.25, -0.2) is 8.42 Å². The normalized spacial score (nSPS) is 14.0. The minimum Gasteiger partial charge on any atom is -0.508 e. The SMILES string of the molecule is CC(=O)O.O=S(=O)(c1cccc(CCCCOCCCCCCNC[C@H](O)c2ccc(O)c(CO)c2)c1)C1CC=CC1. The van der Waals surface area contributed by atoms with Gasteiger partial charge in [-0.3, -0.25) is 4.79 Å². The maximum Gasteiger partial charge on any atom is 0.300 e. The number of aryl methyl sites for hydroxylation is 1. The molecule has 0 fully saturated rings. The summed E-state index contributed by atoms with van der Waals surface area (Å²) in [6.07, 6.45) is 11.5. The van der Waals surface area contributed by atoms with E-state index in [2.05, 4.69) is 5.32 Å². The summed E-state index contributed by atoms with van der Waals surface area (Å²) in [5.41, 5.74) is 2.16. The van der Waals surface area contributed by atoms with Crippen LogP contribution in [0.4, 0.5) is 0 Å². The highest BCUT2D eigenvalue weighted by atomic mass is 32.2. The zero-order valence-electron chi connectivity index (χ0n) is 24.6. The lowest BCUT2D eigenvalue weighted by Crippen LogP contribution is -2.22. The first-order valence-electron chi connectivity index (χ1n) is 14.7. The summed E-state index contributed by atoms with van der Waals surface area (Å²) in [6, 6.07) is 12.2. The molecule has 1 aliphatic rings. The first-order valence-corrected chi connectivity index (χ1v) is 16.3. The quantitative estimate of drug-likeness (QED) is 0.120. The van der Waals surface area contributed by atoms with Crippen LogP contribution in [0, 0.1) is 0 Å². The van der Waals surface area contributed by atoms with Crippen molar-refractivity contribution >= 4 is 15.8 Å². The number of rotatable bonds is 18. The maximum absolute atomic E-state index is 12.8. The van der Waals surface area contributed by atoms with E-state index in [0.29, 0.717) is 35.4 Å². The highest BCUT2D eigenvalue weighted by molar-refractivity contribution is 7.92. The second kappa shape index (κ2) is 19.4. The van der Waals surface area contributed by atoms with Crippen LogP contribution >= 0.6 is 0 Å². The molecule has 10 heteroatoms. The third-order valence-electron chi connectivity index (χ3n) is 7.02. The Kier molecular flexibility index (Phi) is 16.4. The number of allylic oxidation sites excluding steroid dienone is 2. The van der Waals surface area contributed by atoms with Crippen molar-refractivity contribution in [3.8, 4) is 5.75 Å². The van der Waals surface area contributed by atoms with Crippen molar-refractivity contribution in [1.82, 2.24) is 5.32 Å². The van der Waals surface area contributed by atoms with Gasteiger partial charge in [0, 0.05) is 32.2 Å². The molecule has 0 spiro atoms. The fourth-order valence-corrected chi connectivity index (χ4v) is 6.35. The van der Waals surface area contributed by atoms with E-state index in [1.165, 1.54) is 6.07 Å². The third kappa shape index (κ3) is 13.0. The van der Waals surface area contributed by atoms with Crippen LogP contribution in [-0.2, 0) is 32.4 Å². The van der Waals surface area contributed by atoms with Gasteiger partial charge >= 0.3 is 0 Å². The second-order valence-corrected chi connectivity index (χ2v) is 12.8. The van der Waals surface area contributed by atoms with Crippen LogP contribution in [0.25, 0.3) is 0 Å². The Morgan fingerprint density at radius 3 is 2.36 bits per heavy atom. The smallest absolute Gasteiger partial charge is 0.300 e. The van der Waals surface area contributed by atoms with Gasteiger partial charge in [0.05, 0.1) is 22.9 Å². The monoisotopic (exact) mass is 605 g/mol. The van der Waals surface area contributed by atoms with Crippen molar-refractivity contribution in [3.05, 3.63) is 71.3 Å². The van der Waals surface area contributed by atoms with Crippen LogP contribution < -0.4 is 5.32 Å². The molecule has 234 valence electrons. The molecule has 0 radical (unpaired) electrons. The molecule has 1 aliphatic carbocycles. The van der Waals surface area contributed by atoms with Gasteiger partial charge in [-0.05, 0) is 86.9 Å². The molecule has 0 aliphatic heterocycles. The topological polar surface area (TPSA) is 153 Å². The number of sulfone groups is 1. The number of benzene rings is 2. The lowest BCUT2D eigenvalue weighted by Gasteiger charge is -2.14. The minimum absolute atomic E-state index is 0.0356. The molecule has 0 heterocycles. The molecule has 42 heavy (non-hydrogen) atoms. The first-order chi connectivity index (χ1) is 20.1. The Bertz CT molecular complexity index is 1200. The average molecular weight is 606 g/mol. The fourth-order valence-electron chi connectivity index (χ4n) is 4.65. The van der Waals surface area contributed by atoms with Crippen LogP contribution in [0.3, 0.4) is 0 Å². The summed E-state index contributed by atoms with van der Waals surface area (Å²) in [5.74, 6) is -0.798. The summed E-state index contributed by atoms with van der Waals surface area (Å²) in [7, 11) is -3.25. The number of aliphatic carboxylic acids is 1. The van der Waals surface area contributed by atoms with Crippen LogP contribution in [0.15, 0.2) is 59.5 Å². The number of carbonyl (C=O) groups is 1. The number of aliphatic hydroxyl groups is 2. The number of carboxylic acids is 1. The van der Waals surface area contributed by atoms with Crippen molar-refractivity contribution in [2.45, 2.75) is 87.6 Å². The molecule has 5 N–H and O–H groups in total. The van der Waals surface area contributed by atoms with Gasteiger partial charge in [0.1, 0.15) is 5.75 Å². The minimum atomic E-state index is -3.25. The predicted molar refractivity (Wildman–Crippen MR) is 163 cm³/mol. The molecular formula is C32H47NO8S. The van der Waals surface area contributed by atoms with E-state index in [9.17, 15) is 23.7 Å². The lowest BCUT2D eigenvalue weighted by atomic mass is 10.1. The number of phenols is 1. The number of unbranched alkanes of at least 4 members (excludes halogenated alkanes) is 4. The molecule has 9 nitrogen and oxygen atoms in total. The van der Waals surface area contributed by atoms with Gasteiger partial charge in [0.25, 0.3) is 5.97 Å². The Balaban J connectivity index is 0.00000144. The standard InChI is InChI=1S/C30H43NO6S.C2H4O2/c32-23-26-21-25(15-16-29(26)33)30(34)22-31-17-6-1-2-7-18-37-19-8-5-10-24-11-9-14-28(20-24)38(35,36)27-12-3-4-13-27;1-2(3)4/h3-4,9,11,14-16,20-21,27,30-34H,1-2,5-8,10,12-13,17-19,22-23H2;1H3,(H,3,4)/t30-;/m0./s1. The van der Waals surface area contributed by atoms with Crippen molar-refractivity contribution in [3.63, 3.8) is 0 Å². The number of aromatic hydroxyl groups is 1. The van der Waals surface area contributed by atoms with Crippen molar-refractivity contribution in [2.24, 2.45) is 0 Å². The van der Waals surface area contributed by atoms with Gasteiger partial charge in [0.2, 0.25) is 0 Å². The van der Waals surface area contributed by atoms with Crippen LogP contribution in [0.2, 0.25) is 0 Å². The van der Waals surface area contributed by atoms with Crippen molar-refractivity contribution in [1.29, 1.82) is 0 Å². The Labute approximate surface area is 250 Å². The van der Waals surface area contributed by atoms with Crippen molar-refractivity contribution in [2.75, 3.05) is 26.3 Å². The third-order valence-corrected chi connectivity index (χ3v) is 9.20. The van der Waals surface area contributed by atoms with E-state index in [0.717, 1.165) is 77.2 Å². The highest BCUT2D eigenvalue weighted by Crippen LogP contribution is 2.26. The first kappa shape index (κ1) is 35.4. The van der Waals surface area contributed by atoms with Gasteiger partial charge in [0.15, 0.2) is 9.84 Å². The van der Waals surface area contributed by atoms with E-state index < -0.39 is 21.9 Å². The molecule has 0 amide bonds. The predicted octanol–water partition coefficient (Wildman–Crippen LogP) is 4.69. The second-order valence-electron chi connectivity index (χ2n) is 10.5. The molecule has 3 rings (SSSR count). The summed E-state index contributed by atoms with van der Waals surface area (Å²) >= 11 is 0. The largest absolute Gasteiger partial charge is 0.508 e. The molecular weight excluding hydrogens is 558 g/mol. The molecule has 1 atom stereocenters. The van der Waals surface area contributed by atoms with Gasteiger partial charge in [-0.1, -0.05) is 43.2 Å². The van der Waals surface area contributed by atoms with Crippen LogP contribution in [0.1, 0.15) is 81.1 Å². The lowest BCUT2D eigenvalue weighted by molar-refractivity contribution is -0.134. The molecule has 2 aromatic carbocycles. The molecule has 0 saturated heterocycles. The number of hydrogen-bond donors (Lipinski definition) is 5. The number of carboxylic acid groups (broad SMARTS) is 1. The zero-order valence-corrected chi connectivity index (χ0v) is 25.4. The van der Waals surface area contributed by atoms with Gasteiger partial charge < -0.3 is 30.5 Å². The molecule has 0 aromatic heterocycles. The number of ether oxygens (including phenoxy) is 1. The highest BCUT2D eigenvalue weighted by Gasteiger charge is 2.27. The Hall–Kier alpha value is -2.76. The number of nitrogens with one attached hydrogen (secondary N) is 1. The van der Waals surface area contributed by atoms with Crippen LogP contribution in [0.5, 0.6) is 5.75 Å². The average Bonchev–Trinajstić information content (AvgIpc) is 3.52. The molecule has 2 aromatic rings. The molecule has 0 bridgehead atoms.